The molecule has 1 aliphatic rings. The molecule has 3 rings (SSSR count). The average molecular weight is 379 g/mol. The number of ether oxygens (including phenoxy) is 2. The summed E-state index contributed by atoms with van der Waals surface area (Å²) in [6, 6.07) is 8.58. The molecule has 1 aromatic carbocycles. The summed E-state index contributed by atoms with van der Waals surface area (Å²) in [6.45, 7) is 0.435. The molecule has 1 aromatic heterocycles. The van der Waals surface area contributed by atoms with Gasteiger partial charge in [-0.25, -0.2) is 8.42 Å². The highest BCUT2D eigenvalue weighted by molar-refractivity contribution is 7.91. The highest BCUT2D eigenvalue weighted by Gasteiger charge is 2.39. The van der Waals surface area contributed by atoms with Gasteiger partial charge < -0.3 is 18.8 Å². The van der Waals surface area contributed by atoms with Crippen LogP contribution < -0.4 is 9.47 Å². The first kappa shape index (κ1) is 18.3. The third kappa shape index (κ3) is 3.85. The third-order valence-corrected chi connectivity index (χ3v) is 6.44. The van der Waals surface area contributed by atoms with Crippen LogP contribution in [0.15, 0.2) is 41.0 Å². The summed E-state index contributed by atoms with van der Waals surface area (Å²) in [5.41, 5.74) is 0.787. The maximum absolute atomic E-state index is 12.4. The van der Waals surface area contributed by atoms with E-state index < -0.39 is 15.1 Å². The van der Waals surface area contributed by atoms with Crippen molar-refractivity contribution in [2.24, 2.45) is 0 Å². The number of methoxy groups -OCH3 is 2. The molecule has 7 nitrogen and oxygen atoms in total. The van der Waals surface area contributed by atoms with E-state index in [9.17, 15) is 13.2 Å². The summed E-state index contributed by atoms with van der Waals surface area (Å²) in [5.74, 6) is 1.32. The molecule has 8 heteroatoms. The lowest BCUT2D eigenvalue weighted by Crippen LogP contribution is -2.57. The Morgan fingerprint density at radius 2 is 1.92 bits per heavy atom. The lowest BCUT2D eigenvalue weighted by molar-refractivity contribution is -0.133. The van der Waals surface area contributed by atoms with Gasteiger partial charge in [0.25, 0.3) is 0 Å². The number of furan rings is 1. The van der Waals surface area contributed by atoms with E-state index in [0.29, 0.717) is 17.3 Å². The first-order valence-electron chi connectivity index (χ1n) is 8.15. The normalized spacial score (nSPS) is 14.8. The second-order valence-electron chi connectivity index (χ2n) is 6.17. The van der Waals surface area contributed by atoms with Crippen LogP contribution in [0.3, 0.4) is 0 Å². The van der Waals surface area contributed by atoms with Crippen molar-refractivity contribution in [3.05, 3.63) is 47.9 Å². The first-order chi connectivity index (χ1) is 12.4. The molecule has 2 aromatic rings. The smallest absolute Gasteiger partial charge is 0.227 e. The van der Waals surface area contributed by atoms with Crippen LogP contribution in [0, 0.1) is 0 Å². The highest BCUT2D eigenvalue weighted by Crippen LogP contribution is 2.28. The molecule has 0 atom stereocenters. The second-order valence-corrected chi connectivity index (χ2v) is 8.45. The zero-order valence-corrected chi connectivity index (χ0v) is 15.5. The molecule has 0 radical (unpaired) electrons. The van der Waals surface area contributed by atoms with Crippen molar-refractivity contribution in [1.82, 2.24) is 4.90 Å². The number of nitrogens with zero attached hydrogens (tertiary/aromatic N) is 1. The molecule has 0 saturated carbocycles. The van der Waals surface area contributed by atoms with Crippen LogP contribution in [0.4, 0.5) is 0 Å². The van der Waals surface area contributed by atoms with Gasteiger partial charge in [0.05, 0.1) is 32.2 Å². The molecule has 0 aliphatic carbocycles. The van der Waals surface area contributed by atoms with Gasteiger partial charge in [-0.3, -0.25) is 4.79 Å². The zero-order chi connectivity index (χ0) is 18.7. The molecule has 0 bridgehead atoms. The monoisotopic (exact) mass is 379 g/mol. The van der Waals surface area contributed by atoms with Gasteiger partial charge in [0.15, 0.2) is 21.3 Å². The minimum Gasteiger partial charge on any atom is -0.493 e. The van der Waals surface area contributed by atoms with Gasteiger partial charge in [0, 0.05) is 13.1 Å². The van der Waals surface area contributed by atoms with E-state index in [1.165, 1.54) is 13.4 Å². The minimum absolute atomic E-state index is 0.110. The number of sulfone groups is 1. The molecular formula is C18H21NO6S. The largest absolute Gasteiger partial charge is 0.493 e. The number of hydrogen-bond acceptors (Lipinski definition) is 6. The van der Waals surface area contributed by atoms with Crippen LogP contribution in [0.25, 0.3) is 0 Å². The summed E-state index contributed by atoms with van der Waals surface area (Å²) in [7, 11) is -0.247. The fourth-order valence-corrected chi connectivity index (χ4v) is 4.47. The van der Waals surface area contributed by atoms with Crippen molar-refractivity contribution >= 4 is 15.7 Å². The number of carbonyl (C=O) groups excluding carboxylic acids is 1. The molecular weight excluding hydrogens is 358 g/mol. The van der Waals surface area contributed by atoms with Crippen molar-refractivity contribution in [3.8, 4) is 11.5 Å². The second kappa shape index (κ2) is 7.41. The van der Waals surface area contributed by atoms with Crippen molar-refractivity contribution in [1.29, 1.82) is 0 Å². The van der Waals surface area contributed by atoms with E-state index >= 15 is 0 Å². The highest BCUT2D eigenvalue weighted by atomic mass is 32.2. The van der Waals surface area contributed by atoms with E-state index in [0.717, 1.165) is 5.56 Å². The lowest BCUT2D eigenvalue weighted by atomic mass is 10.1. The van der Waals surface area contributed by atoms with Crippen molar-refractivity contribution in [2.75, 3.05) is 27.3 Å². The molecule has 0 unspecified atom stereocenters. The van der Waals surface area contributed by atoms with Crippen LogP contribution in [0.5, 0.6) is 11.5 Å². The molecule has 2 heterocycles. The van der Waals surface area contributed by atoms with E-state index in [2.05, 4.69) is 0 Å². The van der Waals surface area contributed by atoms with E-state index in [1.807, 2.05) is 0 Å². The molecule has 0 spiro atoms. The quantitative estimate of drug-likeness (QED) is 0.727. The SMILES string of the molecule is COc1ccc(CC(=O)N2CC(S(=O)(=O)Cc3ccco3)C2)cc1OC. The van der Waals surface area contributed by atoms with Gasteiger partial charge in [-0.2, -0.15) is 0 Å². The molecule has 26 heavy (non-hydrogen) atoms. The van der Waals surface area contributed by atoms with E-state index in [4.69, 9.17) is 13.9 Å². The Bertz CT molecular complexity index is 869. The Hall–Kier alpha value is -2.48. The third-order valence-electron chi connectivity index (χ3n) is 4.44. The van der Waals surface area contributed by atoms with Gasteiger partial charge in [0.2, 0.25) is 5.91 Å². The van der Waals surface area contributed by atoms with Crippen molar-refractivity contribution in [2.45, 2.75) is 17.4 Å². The fourth-order valence-electron chi connectivity index (χ4n) is 2.86. The van der Waals surface area contributed by atoms with Crippen molar-refractivity contribution < 1.29 is 27.1 Å². The standard InChI is InChI=1S/C18H21NO6S/c1-23-16-6-5-13(8-17(16)24-2)9-18(20)19-10-15(11-19)26(21,22)12-14-4-3-7-25-14/h3-8,15H,9-12H2,1-2H3. The average Bonchev–Trinajstić information content (AvgIpc) is 3.05. The Labute approximate surface area is 152 Å². The zero-order valence-electron chi connectivity index (χ0n) is 14.7. The maximum atomic E-state index is 12.4. The van der Waals surface area contributed by atoms with Gasteiger partial charge >= 0.3 is 0 Å². The number of rotatable bonds is 7. The van der Waals surface area contributed by atoms with Crippen LogP contribution in [-0.2, 0) is 26.8 Å². The van der Waals surface area contributed by atoms with E-state index in [1.54, 1.807) is 42.3 Å². The Kier molecular flexibility index (Phi) is 5.22. The number of benzene rings is 1. The lowest BCUT2D eigenvalue weighted by Gasteiger charge is -2.38. The van der Waals surface area contributed by atoms with Gasteiger partial charge in [0.1, 0.15) is 11.5 Å². The summed E-state index contributed by atoms with van der Waals surface area (Å²) >= 11 is 0. The molecule has 1 aliphatic heterocycles. The van der Waals surface area contributed by atoms with Crippen LogP contribution in [0.2, 0.25) is 0 Å². The maximum Gasteiger partial charge on any atom is 0.227 e. The predicted octanol–water partition coefficient (Wildman–Crippen LogP) is 1.67. The topological polar surface area (TPSA) is 86.0 Å². The number of amides is 1. The van der Waals surface area contributed by atoms with E-state index in [-0.39, 0.29) is 31.2 Å². The number of carbonyl (C=O) groups is 1. The Morgan fingerprint density at radius 1 is 1.19 bits per heavy atom. The van der Waals surface area contributed by atoms with Gasteiger partial charge in [-0.15, -0.1) is 0 Å². The molecule has 1 amide bonds. The van der Waals surface area contributed by atoms with Crippen LogP contribution in [-0.4, -0.2) is 51.8 Å². The fraction of sp³-hybridized carbons (Fsp3) is 0.389. The number of likely N-dealkylation sites (tertiary alicyclic amines) is 1. The first-order valence-corrected chi connectivity index (χ1v) is 9.87. The summed E-state index contributed by atoms with van der Waals surface area (Å²) in [5, 5.41) is -0.540. The molecule has 0 N–H and O–H groups in total. The minimum atomic E-state index is -3.33. The van der Waals surface area contributed by atoms with Gasteiger partial charge in [-0.05, 0) is 29.8 Å². The van der Waals surface area contributed by atoms with Crippen LogP contribution >= 0.6 is 0 Å². The molecule has 140 valence electrons. The summed E-state index contributed by atoms with van der Waals surface area (Å²) in [6.07, 6.45) is 1.63. The molecule has 1 saturated heterocycles. The predicted molar refractivity (Wildman–Crippen MR) is 94.9 cm³/mol. The van der Waals surface area contributed by atoms with Crippen molar-refractivity contribution in [3.63, 3.8) is 0 Å². The summed E-state index contributed by atoms with van der Waals surface area (Å²) in [4.78, 5) is 13.9. The van der Waals surface area contributed by atoms with Gasteiger partial charge in [-0.1, -0.05) is 6.07 Å². The Balaban J connectivity index is 1.56. The number of hydrogen-bond donors (Lipinski definition) is 0. The summed E-state index contributed by atoms with van der Waals surface area (Å²) < 4.78 is 40.2. The van der Waals surface area contributed by atoms with Crippen LogP contribution in [0.1, 0.15) is 11.3 Å². The Morgan fingerprint density at radius 3 is 2.54 bits per heavy atom. The molecule has 1 fully saturated rings.